The van der Waals surface area contributed by atoms with Crippen LogP contribution in [-0.2, 0) is 6.54 Å². The number of rotatable bonds is 4. The molecule has 0 unspecified atom stereocenters. The lowest BCUT2D eigenvalue weighted by Crippen LogP contribution is -2.24. The molecule has 4 nitrogen and oxygen atoms in total. The van der Waals surface area contributed by atoms with Crippen LogP contribution in [0.1, 0.15) is 15.9 Å². The lowest BCUT2D eigenvalue weighted by molar-refractivity contribution is 0.0951. The average Bonchev–Trinajstić information content (AvgIpc) is 2.45. The van der Waals surface area contributed by atoms with Crippen molar-refractivity contribution in [3.05, 3.63) is 59.4 Å². The van der Waals surface area contributed by atoms with Gasteiger partial charge in [-0.3, -0.25) is 4.79 Å². The molecule has 0 radical (unpaired) electrons. The van der Waals surface area contributed by atoms with Crippen molar-refractivity contribution in [3.63, 3.8) is 0 Å². The van der Waals surface area contributed by atoms with Crippen LogP contribution in [0.15, 0.2) is 42.5 Å². The molecule has 0 aliphatic rings. The van der Waals surface area contributed by atoms with Gasteiger partial charge >= 0.3 is 0 Å². The molecule has 0 aliphatic heterocycles. The van der Waals surface area contributed by atoms with Gasteiger partial charge in [-0.05, 0) is 29.8 Å². The highest BCUT2D eigenvalue weighted by molar-refractivity contribution is 6.00. The Morgan fingerprint density at radius 1 is 1.30 bits per heavy atom. The zero-order chi connectivity index (χ0) is 14.5. The first-order chi connectivity index (χ1) is 9.61. The molecule has 0 heterocycles. The Bertz CT molecular complexity index is 629. The molecule has 0 fully saturated rings. The first-order valence-electron chi connectivity index (χ1n) is 6.07. The number of ether oxygens (including phenoxy) is 1. The minimum absolute atomic E-state index is 0.229. The van der Waals surface area contributed by atoms with Gasteiger partial charge in [0, 0.05) is 6.54 Å². The van der Waals surface area contributed by atoms with E-state index in [1.165, 1.54) is 19.2 Å². The van der Waals surface area contributed by atoms with Crippen LogP contribution < -0.4 is 15.8 Å². The smallest absolute Gasteiger partial charge is 0.253 e. The van der Waals surface area contributed by atoms with Crippen molar-refractivity contribution in [1.82, 2.24) is 5.32 Å². The summed E-state index contributed by atoms with van der Waals surface area (Å²) in [5.74, 6) is -0.216. The molecule has 104 valence electrons. The van der Waals surface area contributed by atoms with Crippen LogP contribution >= 0.6 is 0 Å². The minimum atomic E-state index is -0.336. The van der Waals surface area contributed by atoms with Crippen LogP contribution in [0, 0.1) is 5.82 Å². The summed E-state index contributed by atoms with van der Waals surface area (Å²) in [7, 11) is 1.49. The second kappa shape index (κ2) is 6.06. The zero-order valence-electron chi connectivity index (χ0n) is 11.0. The van der Waals surface area contributed by atoms with Gasteiger partial charge in [0.05, 0.1) is 18.4 Å². The predicted molar refractivity (Wildman–Crippen MR) is 75.0 cm³/mol. The Balaban J connectivity index is 2.09. The Labute approximate surface area is 116 Å². The van der Waals surface area contributed by atoms with E-state index in [1.54, 1.807) is 30.3 Å². The standard InChI is InChI=1S/C15H15FN2O2/c1-20-13-7-3-6-12(14(13)17)15(19)18-9-10-4-2-5-11(16)8-10/h2-8H,9,17H2,1H3,(H,18,19). The normalized spacial score (nSPS) is 10.1. The molecule has 0 bridgehead atoms. The van der Waals surface area contributed by atoms with Crippen molar-refractivity contribution >= 4 is 11.6 Å². The fraction of sp³-hybridized carbons (Fsp3) is 0.133. The molecule has 2 aromatic carbocycles. The molecule has 0 aromatic heterocycles. The molecule has 0 saturated heterocycles. The summed E-state index contributed by atoms with van der Waals surface area (Å²) < 4.78 is 18.1. The third-order valence-corrected chi connectivity index (χ3v) is 2.87. The van der Waals surface area contributed by atoms with Crippen LogP contribution in [0.25, 0.3) is 0 Å². The maximum atomic E-state index is 13.0. The SMILES string of the molecule is COc1cccc(C(=O)NCc2cccc(F)c2)c1N. The van der Waals surface area contributed by atoms with E-state index >= 15 is 0 Å². The van der Waals surface area contributed by atoms with E-state index in [0.29, 0.717) is 16.9 Å². The fourth-order valence-corrected chi connectivity index (χ4v) is 1.84. The van der Waals surface area contributed by atoms with Gasteiger partial charge in [0.2, 0.25) is 0 Å². The first kappa shape index (κ1) is 13.9. The van der Waals surface area contributed by atoms with Gasteiger partial charge in [-0.1, -0.05) is 18.2 Å². The molecule has 0 aliphatic carbocycles. The number of hydrogen-bond donors (Lipinski definition) is 2. The van der Waals surface area contributed by atoms with Crippen molar-refractivity contribution in [2.24, 2.45) is 0 Å². The number of para-hydroxylation sites is 1. The van der Waals surface area contributed by atoms with Gasteiger partial charge < -0.3 is 15.8 Å². The molecule has 0 spiro atoms. The van der Waals surface area contributed by atoms with Crippen LogP contribution in [-0.4, -0.2) is 13.0 Å². The van der Waals surface area contributed by atoms with Gasteiger partial charge in [0.1, 0.15) is 11.6 Å². The Morgan fingerprint density at radius 3 is 2.75 bits per heavy atom. The molecular weight excluding hydrogens is 259 g/mol. The summed E-state index contributed by atoms with van der Waals surface area (Å²) in [5.41, 5.74) is 7.14. The van der Waals surface area contributed by atoms with E-state index in [4.69, 9.17) is 10.5 Å². The van der Waals surface area contributed by atoms with Crippen molar-refractivity contribution in [1.29, 1.82) is 0 Å². The Morgan fingerprint density at radius 2 is 2.05 bits per heavy atom. The monoisotopic (exact) mass is 274 g/mol. The summed E-state index contributed by atoms with van der Waals surface area (Å²) in [6.07, 6.45) is 0. The Kier molecular flexibility index (Phi) is 4.20. The number of anilines is 1. The molecule has 0 atom stereocenters. The lowest BCUT2D eigenvalue weighted by Gasteiger charge is -2.10. The van der Waals surface area contributed by atoms with Crippen molar-refractivity contribution < 1.29 is 13.9 Å². The second-order valence-electron chi connectivity index (χ2n) is 4.23. The number of benzene rings is 2. The van der Waals surface area contributed by atoms with E-state index in [1.807, 2.05) is 0 Å². The second-order valence-corrected chi connectivity index (χ2v) is 4.23. The number of methoxy groups -OCH3 is 1. The first-order valence-corrected chi connectivity index (χ1v) is 6.07. The van der Waals surface area contributed by atoms with E-state index in [0.717, 1.165) is 0 Å². The highest BCUT2D eigenvalue weighted by atomic mass is 19.1. The summed E-state index contributed by atoms with van der Waals surface area (Å²) >= 11 is 0. The number of hydrogen-bond acceptors (Lipinski definition) is 3. The lowest BCUT2D eigenvalue weighted by atomic mass is 10.1. The summed E-state index contributed by atoms with van der Waals surface area (Å²) in [5, 5.41) is 2.69. The highest BCUT2D eigenvalue weighted by Gasteiger charge is 2.12. The highest BCUT2D eigenvalue weighted by Crippen LogP contribution is 2.24. The van der Waals surface area contributed by atoms with Gasteiger partial charge in [-0.15, -0.1) is 0 Å². The van der Waals surface area contributed by atoms with Crippen LogP contribution in [0.3, 0.4) is 0 Å². The average molecular weight is 274 g/mol. The van der Waals surface area contributed by atoms with E-state index in [9.17, 15) is 9.18 Å². The number of nitrogens with one attached hydrogen (secondary N) is 1. The van der Waals surface area contributed by atoms with E-state index in [-0.39, 0.29) is 24.0 Å². The van der Waals surface area contributed by atoms with Gasteiger partial charge in [-0.25, -0.2) is 4.39 Å². The zero-order valence-corrected chi connectivity index (χ0v) is 11.0. The molecule has 5 heteroatoms. The minimum Gasteiger partial charge on any atom is -0.495 e. The molecule has 20 heavy (non-hydrogen) atoms. The summed E-state index contributed by atoms with van der Waals surface area (Å²) in [4.78, 5) is 12.1. The predicted octanol–water partition coefficient (Wildman–Crippen LogP) is 2.35. The number of nitrogen functional groups attached to an aromatic ring is 1. The molecular formula is C15H15FN2O2. The van der Waals surface area contributed by atoms with E-state index in [2.05, 4.69) is 5.32 Å². The third-order valence-electron chi connectivity index (χ3n) is 2.87. The number of carbonyl (C=O) groups excluding carboxylic acids is 1. The topological polar surface area (TPSA) is 64.3 Å². The number of amides is 1. The number of carbonyl (C=O) groups is 1. The largest absolute Gasteiger partial charge is 0.495 e. The van der Waals surface area contributed by atoms with Crippen molar-refractivity contribution in [2.45, 2.75) is 6.54 Å². The van der Waals surface area contributed by atoms with Gasteiger partial charge in [0.25, 0.3) is 5.91 Å². The number of nitrogens with two attached hydrogens (primary N) is 1. The summed E-state index contributed by atoms with van der Waals surface area (Å²) in [6, 6.07) is 11.0. The number of halogens is 1. The molecule has 2 rings (SSSR count). The molecule has 3 N–H and O–H groups in total. The summed E-state index contributed by atoms with van der Waals surface area (Å²) in [6.45, 7) is 0.229. The molecule has 2 aromatic rings. The molecule has 1 amide bonds. The maximum absolute atomic E-state index is 13.0. The van der Waals surface area contributed by atoms with Crippen molar-refractivity contribution in [2.75, 3.05) is 12.8 Å². The maximum Gasteiger partial charge on any atom is 0.253 e. The van der Waals surface area contributed by atoms with Gasteiger partial charge in [0.15, 0.2) is 0 Å². The Hall–Kier alpha value is -2.56. The van der Waals surface area contributed by atoms with Crippen LogP contribution in [0.4, 0.5) is 10.1 Å². The third kappa shape index (κ3) is 3.06. The van der Waals surface area contributed by atoms with Gasteiger partial charge in [-0.2, -0.15) is 0 Å². The van der Waals surface area contributed by atoms with Crippen molar-refractivity contribution in [3.8, 4) is 5.75 Å². The molecule has 0 saturated carbocycles. The van der Waals surface area contributed by atoms with E-state index < -0.39 is 0 Å². The van der Waals surface area contributed by atoms with Crippen LogP contribution in [0.5, 0.6) is 5.75 Å². The fourth-order valence-electron chi connectivity index (χ4n) is 1.84. The van der Waals surface area contributed by atoms with Crippen LogP contribution in [0.2, 0.25) is 0 Å². The quantitative estimate of drug-likeness (QED) is 0.841.